The molecule has 9 heteroatoms. The van der Waals surface area contributed by atoms with Crippen molar-refractivity contribution in [1.82, 2.24) is 24.7 Å². The van der Waals surface area contributed by atoms with Gasteiger partial charge in [-0.25, -0.2) is 13.1 Å². The van der Waals surface area contributed by atoms with Gasteiger partial charge in [0.05, 0.1) is 6.20 Å². The average Bonchev–Trinajstić information content (AvgIpc) is 2.79. The Labute approximate surface area is 126 Å². The Morgan fingerprint density at radius 3 is 2.90 bits per heavy atom. The summed E-state index contributed by atoms with van der Waals surface area (Å²) in [6, 6.07) is 0.441. The first-order valence-corrected chi connectivity index (χ1v) is 7.90. The predicted octanol–water partition coefficient (Wildman–Crippen LogP) is -0.586. The van der Waals surface area contributed by atoms with E-state index in [1.165, 1.54) is 17.1 Å². The van der Waals surface area contributed by atoms with Crippen molar-refractivity contribution in [2.45, 2.75) is 17.9 Å². The van der Waals surface area contributed by atoms with Gasteiger partial charge in [0.25, 0.3) is 0 Å². The molecule has 0 unspecified atom stereocenters. The fourth-order valence-corrected chi connectivity index (χ4v) is 3.16. The second-order valence-corrected chi connectivity index (χ2v) is 6.60. The van der Waals surface area contributed by atoms with Crippen LogP contribution in [-0.4, -0.2) is 61.9 Å². The highest BCUT2D eigenvalue weighted by molar-refractivity contribution is 7.89. The molecule has 7 nitrogen and oxygen atoms in total. The van der Waals surface area contributed by atoms with E-state index < -0.39 is 10.0 Å². The molecule has 1 aliphatic rings. The predicted molar refractivity (Wildman–Crippen MR) is 79.5 cm³/mol. The highest BCUT2D eigenvalue weighted by atomic mass is 35.5. The van der Waals surface area contributed by atoms with Gasteiger partial charge in [0.15, 0.2) is 0 Å². The van der Waals surface area contributed by atoms with E-state index in [4.69, 9.17) is 0 Å². The van der Waals surface area contributed by atoms with Gasteiger partial charge >= 0.3 is 0 Å². The molecule has 0 amide bonds. The lowest BCUT2D eigenvalue weighted by Gasteiger charge is -2.33. The first-order valence-electron chi connectivity index (χ1n) is 6.42. The zero-order valence-electron chi connectivity index (χ0n) is 11.7. The largest absolute Gasteiger partial charge is 0.314 e. The van der Waals surface area contributed by atoms with Crippen LogP contribution in [0.5, 0.6) is 0 Å². The van der Waals surface area contributed by atoms with Gasteiger partial charge in [-0.3, -0.25) is 9.58 Å². The molecule has 2 N–H and O–H groups in total. The van der Waals surface area contributed by atoms with Gasteiger partial charge in [-0.15, -0.1) is 12.4 Å². The van der Waals surface area contributed by atoms with Crippen molar-refractivity contribution in [3.63, 3.8) is 0 Å². The maximum absolute atomic E-state index is 12.0. The number of nitrogens with zero attached hydrogens (tertiary/aromatic N) is 3. The Morgan fingerprint density at radius 1 is 1.55 bits per heavy atom. The normalized spacial score (nSPS) is 20.6. The lowest BCUT2D eigenvalue weighted by Crippen LogP contribution is -2.51. The SMILES string of the molecule is C[C@H]1CNCCN1CCNS(=O)(=O)c1cnn(C)c1.Cl. The highest BCUT2D eigenvalue weighted by Crippen LogP contribution is 2.06. The van der Waals surface area contributed by atoms with Crippen LogP contribution in [0.1, 0.15) is 6.92 Å². The summed E-state index contributed by atoms with van der Waals surface area (Å²) in [7, 11) is -1.74. The summed E-state index contributed by atoms with van der Waals surface area (Å²) >= 11 is 0. The molecule has 0 aromatic carbocycles. The summed E-state index contributed by atoms with van der Waals surface area (Å²) in [5, 5.41) is 7.18. The molecule has 1 aliphatic heterocycles. The first kappa shape index (κ1) is 17.4. The Morgan fingerprint density at radius 2 is 2.30 bits per heavy atom. The van der Waals surface area contributed by atoms with Gasteiger partial charge in [0.2, 0.25) is 10.0 Å². The number of halogens is 1. The quantitative estimate of drug-likeness (QED) is 0.757. The maximum atomic E-state index is 12.0. The first-order chi connectivity index (χ1) is 8.99. The van der Waals surface area contributed by atoms with Crippen molar-refractivity contribution in [2.24, 2.45) is 7.05 Å². The van der Waals surface area contributed by atoms with E-state index in [1.807, 2.05) is 0 Å². The number of sulfonamides is 1. The van der Waals surface area contributed by atoms with E-state index in [0.717, 1.165) is 26.2 Å². The Kier molecular flexibility index (Phi) is 6.41. The zero-order chi connectivity index (χ0) is 13.9. The number of rotatable bonds is 5. The van der Waals surface area contributed by atoms with Crippen molar-refractivity contribution >= 4 is 22.4 Å². The molecule has 2 rings (SSSR count). The summed E-state index contributed by atoms with van der Waals surface area (Å²) in [6.07, 6.45) is 2.85. The van der Waals surface area contributed by atoms with E-state index in [1.54, 1.807) is 7.05 Å². The van der Waals surface area contributed by atoms with Crippen LogP contribution < -0.4 is 10.0 Å². The van der Waals surface area contributed by atoms with E-state index in [9.17, 15) is 8.42 Å². The molecule has 0 bridgehead atoms. The topological polar surface area (TPSA) is 79.3 Å². The third-order valence-corrected chi connectivity index (χ3v) is 4.74. The summed E-state index contributed by atoms with van der Waals surface area (Å²) in [6.45, 7) is 6.15. The molecular formula is C11H22ClN5O2S. The van der Waals surface area contributed by atoms with Gasteiger partial charge in [-0.1, -0.05) is 0 Å². The average molecular weight is 324 g/mol. The molecule has 1 aromatic rings. The van der Waals surface area contributed by atoms with Crippen LogP contribution >= 0.6 is 12.4 Å². The van der Waals surface area contributed by atoms with Gasteiger partial charge in [-0.05, 0) is 6.92 Å². The fraction of sp³-hybridized carbons (Fsp3) is 0.727. The number of aromatic nitrogens is 2. The molecule has 1 fully saturated rings. The summed E-state index contributed by atoms with van der Waals surface area (Å²) < 4.78 is 28.0. The standard InChI is InChI=1S/C11H21N5O2S.ClH/c1-10-7-12-3-5-16(10)6-4-14-19(17,18)11-8-13-15(2)9-11;/h8-10,12,14H,3-7H2,1-2H3;1H/t10-;/m0./s1. The number of hydrogen-bond donors (Lipinski definition) is 2. The fourth-order valence-electron chi connectivity index (χ4n) is 2.16. The molecular weight excluding hydrogens is 302 g/mol. The van der Waals surface area contributed by atoms with Crippen molar-refractivity contribution in [1.29, 1.82) is 0 Å². The molecule has 1 atom stereocenters. The van der Waals surface area contributed by atoms with E-state index in [2.05, 4.69) is 27.0 Å². The molecule has 1 saturated heterocycles. The molecule has 0 radical (unpaired) electrons. The minimum absolute atomic E-state index is 0. The second-order valence-electron chi connectivity index (χ2n) is 4.84. The van der Waals surface area contributed by atoms with Crippen LogP contribution in [0.3, 0.4) is 0 Å². The Bertz CT molecular complexity index is 519. The minimum atomic E-state index is -3.43. The van der Waals surface area contributed by atoms with E-state index >= 15 is 0 Å². The van der Waals surface area contributed by atoms with Crippen LogP contribution in [-0.2, 0) is 17.1 Å². The van der Waals surface area contributed by atoms with E-state index in [-0.39, 0.29) is 17.3 Å². The van der Waals surface area contributed by atoms with E-state index in [0.29, 0.717) is 12.6 Å². The molecule has 0 aliphatic carbocycles. The summed E-state index contributed by atoms with van der Waals surface area (Å²) in [4.78, 5) is 2.49. The van der Waals surface area contributed by atoms with Crippen molar-refractivity contribution in [3.8, 4) is 0 Å². The summed E-state index contributed by atoms with van der Waals surface area (Å²) in [5.41, 5.74) is 0. The number of hydrogen-bond acceptors (Lipinski definition) is 5. The molecule has 20 heavy (non-hydrogen) atoms. The number of piperazine rings is 1. The van der Waals surface area contributed by atoms with Gasteiger partial charge in [-0.2, -0.15) is 5.10 Å². The van der Waals surface area contributed by atoms with Crippen molar-refractivity contribution < 1.29 is 8.42 Å². The number of aryl methyl sites for hydroxylation is 1. The lowest BCUT2D eigenvalue weighted by atomic mass is 10.2. The van der Waals surface area contributed by atoms with Gasteiger partial charge in [0.1, 0.15) is 4.90 Å². The maximum Gasteiger partial charge on any atom is 0.243 e. The Balaban J connectivity index is 0.00000200. The second kappa shape index (κ2) is 7.37. The summed E-state index contributed by atoms with van der Waals surface area (Å²) in [5.74, 6) is 0. The highest BCUT2D eigenvalue weighted by Gasteiger charge is 2.19. The number of nitrogens with one attached hydrogen (secondary N) is 2. The Hall–Kier alpha value is -0.670. The monoisotopic (exact) mass is 323 g/mol. The van der Waals surface area contributed by atoms with Crippen LogP contribution in [0, 0.1) is 0 Å². The molecule has 0 spiro atoms. The molecule has 2 heterocycles. The molecule has 0 saturated carbocycles. The smallest absolute Gasteiger partial charge is 0.243 e. The third kappa shape index (κ3) is 4.42. The van der Waals surface area contributed by atoms with Crippen molar-refractivity contribution in [2.75, 3.05) is 32.7 Å². The van der Waals surface area contributed by atoms with Gasteiger partial charge < -0.3 is 5.32 Å². The van der Waals surface area contributed by atoms with Gasteiger partial charge in [0, 0.05) is 52.0 Å². The van der Waals surface area contributed by atoms with Crippen molar-refractivity contribution in [3.05, 3.63) is 12.4 Å². The molecule has 1 aromatic heterocycles. The van der Waals surface area contributed by atoms with Crippen LogP contribution in [0.2, 0.25) is 0 Å². The lowest BCUT2D eigenvalue weighted by molar-refractivity contribution is 0.177. The molecule has 116 valence electrons. The van der Waals surface area contributed by atoms with Crippen LogP contribution in [0.15, 0.2) is 17.3 Å². The van der Waals surface area contributed by atoms with Crippen LogP contribution in [0.25, 0.3) is 0 Å². The van der Waals surface area contributed by atoms with Crippen LogP contribution in [0.4, 0.5) is 0 Å². The minimum Gasteiger partial charge on any atom is -0.314 e. The third-order valence-electron chi connectivity index (χ3n) is 3.32. The zero-order valence-corrected chi connectivity index (χ0v) is 13.4.